The number of nitrogens with zero attached hydrogens (tertiary/aromatic N) is 5. The van der Waals surface area contributed by atoms with E-state index in [1.54, 1.807) is 11.4 Å². The maximum atomic E-state index is 11.6. The van der Waals surface area contributed by atoms with E-state index in [1.807, 2.05) is 89.2 Å². The first kappa shape index (κ1) is 33.8. The van der Waals surface area contributed by atoms with Crippen molar-refractivity contribution in [2.24, 2.45) is 4.99 Å². The van der Waals surface area contributed by atoms with Gasteiger partial charge >= 0.3 is 6.18 Å². The van der Waals surface area contributed by atoms with E-state index in [0.717, 1.165) is 47.8 Å². The second-order valence-corrected chi connectivity index (χ2v) is 8.17. The third-order valence-corrected chi connectivity index (χ3v) is 5.47. The minimum Gasteiger partial charge on any atom is -0.257 e. The summed E-state index contributed by atoms with van der Waals surface area (Å²) < 4.78 is 36.6. The molecule has 0 aliphatic heterocycles. The first-order valence-corrected chi connectivity index (χ1v) is 13.4. The average molecular weight is 581 g/mol. The van der Waals surface area contributed by atoms with Crippen molar-refractivity contribution in [3.63, 3.8) is 0 Å². The molecule has 0 N–H and O–H groups in total. The van der Waals surface area contributed by atoms with E-state index in [-0.39, 0.29) is 0 Å². The van der Waals surface area contributed by atoms with E-state index in [2.05, 4.69) is 15.2 Å². The number of hydrogen-bond acceptors (Lipinski definition) is 4. The van der Waals surface area contributed by atoms with Gasteiger partial charge in [-0.2, -0.15) is 22.8 Å². The Labute approximate surface area is 238 Å². The molecule has 4 rings (SSSR count). The highest BCUT2D eigenvalue weighted by molar-refractivity contribution is 6.33. The topological polar surface area (TPSA) is 55.4 Å². The van der Waals surface area contributed by atoms with E-state index < -0.39 is 11.9 Å². The second-order valence-electron chi connectivity index (χ2n) is 7.33. The smallest absolute Gasteiger partial charge is 0.257 e. The molecule has 4 aromatic rings. The Kier molecular flexibility index (Phi) is 14.4. The number of fused-ring (bicyclic) bond motifs is 1. The summed E-state index contributed by atoms with van der Waals surface area (Å²) in [6, 6.07) is 17.3. The van der Waals surface area contributed by atoms with Gasteiger partial charge in [0.2, 0.25) is 0 Å². The Hall–Kier alpha value is -3.23. The SMILES string of the molecule is C/C=C\N=C(C)C(F)(F)F.CC.CC.CCc1nnc2cc(-c3ccc(Cl)cc3)c(-c3ccccc3Cl)nn12. The van der Waals surface area contributed by atoms with Crippen molar-refractivity contribution in [3.05, 3.63) is 82.7 Å². The molecule has 0 saturated heterocycles. The lowest BCUT2D eigenvalue weighted by Gasteiger charge is -2.11. The number of allylic oxidation sites excluding steroid dienone is 1. The molecule has 2 aromatic heterocycles. The zero-order valence-corrected chi connectivity index (χ0v) is 24.7. The van der Waals surface area contributed by atoms with Crippen LogP contribution in [0.5, 0.6) is 0 Å². The van der Waals surface area contributed by atoms with Crippen LogP contribution < -0.4 is 0 Å². The first-order valence-electron chi connectivity index (χ1n) is 12.6. The van der Waals surface area contributed by atoms with Crippen molar-refractivity contribution in [1.82, 2.24) is 19.8 Å². The van der Waals surface area contributed by atoms with Crippen molar-refractivity contribution >= 4 is 34.6 Å². The molecule has 0 spiro atoms. The molecule has 2 heterocycles. The fourth-order valence-corrected chi connectivity index (χ4v) is 3.41. The fraction of sp³-hybridized carbons (Fsp3) is 0.310. The second kappa shape index (κ2) is 16.7. The monoisotopic (exact) mass is 579 g/mol. The Balaban J connectivity index is 0.000000461. The van der Waals surface area contributed by atoms with E-state index in [9.17, 15) is 13.2 Å². The van der Waals surface area contributed by atoms with Gasteiger partial charge in [-0.25, -0.2) is 0 Å². The molecule has 5 nitrogen and oxygen atoms in total. The van der Waals surface area contributed by atoms with Gasteiger partial charge in [-0.15, -0.1) is 10.2 Å². The van der Waals surface area contributed by atoms with Crippen LogP contribution in [0.15, 0.2) is 71.9 Å². The number of benzene rings is 2. The molecule has 0 radical (unpaired) electrons. The van der Waals surface area contributed by atoms with E-state index in [1.165, 1.54) is 6.08 Å². The van der Waals surface area contributed by atoms with Crippen molar-refractivity contribution in [3.8, 4) is 22.4 Å². The Morgan fingerprint density at radius 3 is 2.10 bits per heavy atom. The predicted molar refractivity (Wildman–Crippen MR) is 158 cm³/mol. The lowest BCUT2D eigenvalue weighted by atomic mass is 10.00. The van der Waals surface area contributed by atoms with Crippen LogP contribution in [0.4, 0.5) is 13.2 Å². The van der Waals surface area contributed by atoms with Crippen LogP contribution in [0.1, 0.15) is 54.3 Å². The molecule has 10 heteroatoms. The normalized spacial score (nSPS) is 11.2. The van der Waals surface area contributed by atoms with Crippen LogP contribution in [-0.4, -0.2) is 31.7 Å². The predicted octanol–water partition coefficient (Wildman–Crippen LogP) is 9.92. The summed E-state index contributed by atoms with van der Waals surface area (Å²) in [5.74, 6) is 0.811. The van der Waals surface area contributed by atoms with Crippen LogP contribution in [0, 0.1) is 0 Å². The summed E-state index contributed by atoms with van der Waals surface area (Å²) in [6.07, 6.45) is -0.992. The fourth-order valence-electron chi connectivity index (χ4n) is 3.06. The molecule has 2 aromatic carbocycles. The average Bonchev–Trinajstić information content (AvgIpc) is 3.36. The molecule has 0 fully saturated rings. The zero-order chi connectivity index (χ0) is 29.6. The largest absolute Gasteiger partial charge is 0.429 e. The summed E-state index contributed by atoms with van der Waals surface area (Å²) in [6.45, 7) is 12.6. The minimum atomic E-state index is -4.29. The van der Waals surface area contributed by atoms with Gasteiger partial charge in [0.05, 0.1) is 5.02 Å². The molecule has 0 bridgehead atoms. The summed E-state index contributed by atoms with van der Waals surface area (Å²) in [5, 5.41) is 14.6. The van der Waals surface area contributed by atoms with Crippen LogP contribution >= 0.6 is 23.2 Å². The number of aromatic nitrogens is 4. The number of aliphatic imine (C=N–C) groups is 1. The molecule has 0 aliphatic rings. The van der Waals surface area contributed by atoms with Gasteiger partial charge in [-0.05, 0) is 43.7 Å². The molecular formula is C29H34Cl2F3N5. The minimum absolute atomic E-state index is 0.649. The maximum Gasteiger partial charge on any atom is 0.429 e. The van der Waals surface area contributed by atoms with Crippen molar-refractivity contribution in [2.45, 2.75) is 61.1 Å². The Morgan fingerprint density at radius 1 is 0.949 bits per heavy atom. The molecule has 0 aliphatic carbocycles. The van der Waals surface area contributed by atoms with Gasteiger partial charge in [0, 0.05) is 28.8 Å². The van der Waals surface area contributed by atoms with Crippen molar-refractivity contribution in [2.75, 3.05) is 0 Å². The number of hydrogen-bond donors (Lipinski definition) is 0. The highest BCUT2D eigenvalue weighted by Crippen LogP contribution is 2.35. The van der Waals surface area contributed by atoms with E-state index >= 15 is 0 Å². The molecule has 0 unspecified atom stereocenters. The standard InChI is InChI=1S/C19H14Cl2N4.C6H8F3N.2C2H6/c1-2-17-22-23-18-11-15(12-7-9-13(20)10-8-12)19(24-25(17)18)14-5-3-4-6-16(14)21;1-3-4-10-5(2)6(7,8)9;2*1-2/h3-11H,2H2,1H3;3-4H,1-2H3;2*1-2H3/b;4-3-,10-5?;;. The maximum absolute atomic E-state index is 11.6. The molecule has 39 heavy (non-hydrogen) atoms. The summed E-state index contributed by atoms with van der Waals surface area (Å²) in [7, 11) is 0. The lowest BCUT2D eigenvalue weighted by Crippen LogP contribution is -2.18. The van der Waals surface area contributed by atoms with Gasteiger partial charge in [0.25, 0.3) is 0 Å². The summed E-state index contributed by atoms with van der Waals surface area (Å²) >= 11 is 12.5. The summed E-state index contributed by atoms with van der Waals surface area (Å²) in [4.78, 5) is 3.12. The number of halogens is 5. The molecule has 0 amide bonds. The van der Waals surface area contributed by atoms with Gasteiger partial charge in [0.1, 0.15) is 11.4 Å². The van der Waals surface area contributed by atoms with Crippen LogP contribution in [0.2, 0.25) is 10.0 Å². The van der Waals surface area contributed by atoms with Gasteiger partial charge in [-0.3, -0.25) is 4.99 Å². The highest BCUT2D eigenvalue weighted by atomic mass is 35.5. The van der Waals surface area contributed by atoms with Gasteiger partial charge in [-0.1, -0.05) is 94.2 Å². The third-order valence-electron chi connectivity index (χ3n) is 4.89. The zero-order valence-electron chi connectivity index (χ0n) is 23.2. The van der Waals surface area contributed by atoms with Crippen molar-refractivity contribution < 1.29 is 13.2 Å². The lowest BCUT2D eigenvalue weighted by molar-refractivity contribution is -0.0591. The van der Waals surface area contributed by atoms with Crippen LogP contribution in [-0.2, 0) is 6.42 Å². The highest BCUT2D eigenvalue weighted by Gasteiger charge is 2.31. The molecular weight excluding hydrogens is 546 g/mol. The number of alkyl halides is 3. The van der Waals surface area contributed by atoms with E-state index in [4.69, 9.17) is 28.3 Å². The van der Waals surface area contributed by atoms with Crippen LogP contribution in [0.3, 0.4) is 0 Å². The number of aryl methyl sites for hydroxylation is 1. The number of rotatable bonds is 4. The molecule has 210 valence electrons. The molecule has 0 atom stereocenters. The quantitative estimate of drug-likeness (QED) is 0.226. The van der Waals surface area contributed by atoms with Crippen molar-refractivity contribution in [1.29, 1.82) is 0 Å². The Bertz CT molecular complexity index is 1360. The Morgan fingerprint density at radius 2 is 1.56 bits per heavy atom. The first-order chi connectivity index (χ1) is 18.7. The van der Waals surface area contributed by atoms with Gasteiger partial charge in [0.15, 0.2) is 11.5 Å². The van der Waals surface area contributed by atoms with Crippen LogP contribution in [0.25, 0.3) is 28.0 Å². The summed E-state index contributed by atoms with van der Waals surface area (Å²) in [5.41, 5.74) is 3.47. The van der Waals surface area contributed by atoms with Gasteiger partial charge < -0.3 is 0 Å². The third kappa shape index (κ3) is 9.48. The van der Waals surface area contributed by atoms with E-state index in [0.29, 0.717) is 15.7 Å². The molecule has 0 saturated carbocycles.